The molecule has 0 radical (unpaired) electrons. The van der Waals surface area contributed by atoms with Crippen molar-refractivity contribution in [2.24, 2.45) is 11.8 Å². The van der Waals surface area contributed by atoms with Crippen LogP contribution in [-0.4, -0.2) is 48.3 Å². The quantitative estimate of drug-likeness (QED) is 0.0620. The maximum absolute atomic E-state index is 2.68. The summed E-state index contributed by atoms with van der Waals surface area (Å²) in [7, 11) is 0. The molecule has 0 bridgehead atoms. The maximum atomic E-state index is 2.68. The number of thiophene rings is 6. The minimum absolute atomic E-state index is 0.835. The topological polar surface area (TPSA) is 0 Å². The first-order valence-corrected chi connectivity index (χ1v) is 47.0. The van der Waals surface area contributed by atoms with E-state index in [1.165, 1.54) is 122 Å². The van der Waals surface area contributed by atoms with Crippen LogP contribution in [0.4, 0.5) is 0 Å². The number of hydrogen-bond acceptors (Lipinski definition) is 8. The van der Waals surface area contributed by atoms with Crippen LogP contribution in [0.3, 0.4) is 0 Å². The summed E-state index contributed by atoms with van der Waals surface area (Å²) >= 11 is 12.0. The van der Waals surface area contributed by atoms with Crippen molar-refractivity contribution >= 4 is 173 Å². The van der Waals surface area contributed by atoms with Crippen molar-refractivity contribution < 1.29 is 0 Å². The zero-order valence-corrected chi connectivity index (χ0v) is 46.2. The van der Waals surface area contributed by atoms with Gasteiger partial charge in [0.15, 0.2) is 0 Å². The molecule has 0 amide bonds. The predicted molar refractivity (Wildman–Crippen MR) is 269 cm³/mol. The Labute approximate surface area is 366 Å². The number of benzene rings is 1. The normalized spacial score (nSPS) is 14.1. The average Bonchev–Trinajstić information content (AvgIpc) is 3.96. The molecule has 6 heterocycles. The zero-order valence-electron chi connectivity index (χ0n) is 34.0. The second kappa shape index (κ2) is 18.2. The van der Waals surface area contributed by atoms with Gasteiger partial charge in [-0.2, -0.15) is 0 Å². The van der Waals surface area contributed by atoms with Gasteiger partial charge in [-0.15, -0.1) is 0 Å². The van der Waals surface area contributed by atoms with E-state index in [9.17, 15) is 0 Å². The third kappa shape index (κ3) is 9.38. The van der Waals surface area contributed by atoms with Gasteiger partial charge in [0.1, 0.15) is 0 Å². The first-order valence-electron chi connectivity index (χ1n) is 20.2. The second-order valence-corrected chi connectivity index (χ2v) is 57.1. The molecular formula is C44H58S8Sn2. The van der Waals surface area contributed by atoms with Crippen LogP contribution in [0, 0.1) is 11.8 Å². The molecule has 0 saturated carbocycles. The third-order valence-electron chi connectivity index (χ3n) is 10.8. The van der Waals surface area contributed by atoms with Crippen molar-refractivity contribution in [3.05, 3.63) is 36.4 Å². The molecule has 7 rings (SSSR count). The van der Waals surface area contributed by atoms with Crippen molar-refractivity contribution in [1.29, 1.82) is 0 Å². The van der Waals surface area contributed by atoms with E-state index in [2.05, 4.69) is 163 Å². The first kappa shape index (κ1) is 42.9. The Morgan fingerprint density at radius 3 is 1.22 bits per heavy atom. The van der Waals surface area contributed by atoms with Crippen molar-refractivity contribution in [3.63, 3.8) is 0 Å². The van der Waals surface area contributed by atoms with E-state index in [1.54, 1.807) is 15.2 Å². The molecule has 7 aromatic rings. The second-order valence-electron chi connectivity index (χ2n) is 17.2. The molecule has 0 aliphatic carbocycles. The van der Waals surface area contributed by atoms with E-state index < -0.39 is 36.8 Å². The van der Waals surface area contributed by atoms with Gasteiger partial charge in [0.05, 0.1) is 0 Å². The van der Waals surface area contributed by atoms with E-state index >= 15 is 0 Å². The molecule has 2 unspecified atom stereocenters. The number of rotatable bonds is 18. The fraction of sp³-hybridized carbons (Fsp3) is 0.500. The van der Waals surface area contributed by atoms with Gasteiger partial charge in [0, 0.05) is 0 Å². The predicted octanol–water partition coefficient (Wildman–Crippen LogP) is 17.7. The Kier molecular flexibility index (Phi) is 14.4. The van der Waals surface area contributed by atoms with Gasteiger partial charge in [0.2, 0.25) is 0 Å². The van der Waals surface area contributed by atoms with E-state index in [0.717, 1.165) is 11.8 Å². The van der Waals surface area contributed by atoms with E-state index in [1.807, 2.05) is 22.7 Å². The standard InChI is InChI=1S/C38H40S8.6CH3.2Sn/c1-5-9-11-23(7-3)21-41-33-19-29-27(45-33)17-31(43-29)35-25-13-15-40-38(25)36(26-14-16-39-37(26)35)32-18-28-30(44-32)20-34(46-28)42-22-24(8-4)12-10-6-2;;;;;;;;/h13-14,17-20,23-24H,5-12,21-22H2,1-4H3;6*1H3;;. The monoisotopic (exact) mass is 1080 g/mol. The summed E-state index contributed by atoms with van der Waals surface area (Å²) in [5, 5.41) is 3.05. The van der Waals surface area contributed by atoms with Gasteiger partial charge >= 0.3 is 292 Å². The van der Waals surface area contributed by atoms with Crippen LogP contribution in [0.2, 0.25) is 29.6 Å². The van der Waals surface area contributed by atoms with Crippen molar-refractivity contribution in [2.45, 2.75) is 117 Å². The molecule has 2 atom stereocenters. The molecule has 0 N–H and O–H groups in total. The Morgan fingerprint density at radius 1 is 0.500 bits per heavy atom. The Balaban J connectivity index is 1.32. The molecule has 290 valence electrons. The Bertz CT molecular complexity index is 2060. The Morgan fingerprint density at radius 2 is 0.889 bits per heavy atom. The van der Waals surface area contributed by atoms with Crippen LogP contribution in [0.5, 0.6) is 0 Å². The molecule has 0 fully saturated rings. The zero-order chi connectivity index (χ0) is 38.4. The number of unbranched alkanes of at least 4 members (excludes halogenated alkanes) is 2. The summed E-state index contributed by atoms with van der Waals surface area (Å²) in [5.74, 6) is 4.18. The van der Waals surface area contributed by atoms with E-state index in [0.29, 0.717) is 0 Å². The van der Waals surface area contributed by atoms with E-state index in [4.69, 9.17) is 0 Å². The number of thioether (sulfide) groups is 2. The fourth-order valence-electron chi connectivity index (χ4n) is 7.21. The van der Waals surface area contributed by atoms with Gasteiger partial charge in [-0.1, -0.05) is 66.2 Å². The first-order chi connectivity index (χ1) is 25.8. The van der Waals surface area contributed by atoms with Crippen LogP contribution in [0.25, 0.3) is 59.9 Å². The minimum atomic E-state index is -2.37. The summed E-state index contributed by atoms with van der Waals surface area (Å²) in [6.45, 7) is 9.39. The van der Waals surface area contributed by atoms with Gasteiger partial charge in [-0.3, -0.25) is 0 Å². The van der Waals surface area contributed by atoms with Crippen LogP contribution < -0.4 is 5.79 Å². The molecule has 10 heteroatoms. The molecule has 0 saturated heterocycles. The van der Waals surface area contributed by atoms with Crippen molar-refractivity contribution in [2.75, 3.05) is 11.5 Å². The molecule has 6 aromatic heterocycles. The summed E-state index contributed by atoms with van der Waals surface area (Å²) in [6.07, 6.45) is 10.7. The van der Waals surface area contributed by atoms with E-state index in [-0.39, 0.29) is 0 Å². The van der Waals surface area contributed by atoms with Gasteiger partial charge < -0.3 is 0 Å². The molecule has 1 aromatic carbocycles. The van der Waals surface area contributed by atoms with Gasteiger partial charge in [-0.05, 0) is 12.8 Å². The summed E-state index contributed by atoms with van der Waals surface area (Å²) in [4.78, 5) is 18.6. The van der Waals surface area contributed by atoms with Gasteiger partial charge in [0.25, 0.3) is 0 Å². The van der Waals surface area contributed by atoms with Gasteiger partial charge in [-0.25, -0.2) is 0 Å². The van der Waals surface area contributed by atoms with Crippen LogP contribution in [0.15, 0.2) is 44.8 Å². The fourth-order valence-corrected chi connectivity index (χ4v) is 28.2. The molecule has 0 nitrogen and oxygen atoms in total. The number of fused-ring (bicyclic) bond motifs is 4. The number of hydrogen-bond donors (Lipinski definition) is 0. The Hall–Kier alpha value is 0.757. The van der Waals surface area contributed by atoms with Crippen LogP contribution in [0.1, 0.15) is 79.1 Å². The molecule has 0 aliphatic rings. The molecule has 54 heavy (non-hydrogen) atoms. The SMILES string of the molecule is CCCCC(CC)CSc1cc2sc(-c3c4c[c]([Sn]([CH3])([CH3])[CH3])sc4c(-c4cc5sc(SCC(CC)CCCC)cc5s4)c4c[c]([Sn]([CH3])([CH3])[CH3])sc34)cc2s1. The van der Waals surface area contributed by atoms with Crippen molar-refractivity contribution in [1.82, 2.24) is 0 Å². The average molecular weight is 1080 g/mol. The summed E-state index contributed by atoms with van der Waals surface area (Å²) < 4.78 is 15.4. The van der Waals surface area contributed by atoms with Crippen LogP contribution in [-0.2, 0) is 0 Å². The molecular weight excluding hydrogens is 1020 g/mol. The van der Waals surface area contributed by atoms with Crippen LogP contribution >= 0.6 is 91.5 Å². The van der Waals surface area contributed by atoms with Crippen molar-refractivity contribution in [3.8, 4) is 20.9 Å². The third-order valence-corrected chi connectivity index (χ3v) is 39.5. The molecule has 0 spiro atoms. The molecule has 0 aliphatic heterocycles. The summed E-state index contributed by atoms with van der Waals surface area (Å²) in [6, 6.07) is 15.5. The summed E-state index contributed by atoms with van der Waals surface area (Å²) in [5.41, 5.74) is 3.07.